The molecule has 0 aromatic carbocycles. The van der Waals surface area contributed by atoms with Crippen LogP contribution in [0.15, 0.2) is 18.3 Å². The monoisotopic (exact) mass is 385 g/mol. The van der Waals surface area contributed by atoms with Crippen LogP contribution in [0.5, 0.6) is 0 Å². The van der Waals surface area contributed by atoms with Gasteiger partial charge in [-0.1, -0.05) is 38.5 Å². The smallest absolute Gasteiger partial charge is 0.228 e. The molecule has 5 heteroatoms. The van der Waals surface area contributed by atoms with Crippen LogP contribution in [0.3, 0.4) is 0 Å². The number of nitrogens with zero attached hydrogens (tertiary/aromatic N) is 3. The predicted molar refractivity (Wildman–Crippen MR) is 110 cm³/mol. The summed E-state index contributed by atoms with van der Waals surface area (Å²) in [6, 6.07) is 4.72. The lowest BCUT2D eigenvalue weighted by Gasteiger charge is -2.33. The van der Waals surface area contributed by atoms with Crippen LogP contribution in [-0.4, -0.2) is 45.3 Å². The first-order chi connectivity index (χ1) is 13.6. The van der Waals surface area contributed by atoms with E-state index in [1.807, 2.05) is 0 Å². The molecule has 1 saturated carbocycles. The number of aryl methyl sites for hydroxylation is 1. The Morgan fingerprint density at radius 2 is 1.71 bits per heavy atom. The summed E-state index contributed by atoms with van der Waals surface area (Å²) in [5, 5.41) is 0. The lowest BCUT2D eigenvalue weighted by molar-refractivity contribution is -0.138. The van der Waals surface area contributed by atoms with Crippen LogP contribution in [0.25, 0.3) is 0 Å². The van der Waals surface area contributed by atoms with Gasteiger partial charge in [0, 0.05) is 44.5 Å². The zero-order chi connectivity index (χ0) is 19.5. The van der Waals surface area contributed by atoms with E-state index >= 15 is 0 Å². The van der Waals surface area contributed by atoms with E-state index in [1.54, 1.807) is 0 Å². The second kappa shape index (κ2) is 8.71. The molecule has 2 aliphatic heterocycles. The minimum Gasteiger partial charge on any atom is -0.353 e. The molecule has 3 fully saturated rings. The standard InChI is InChI=1S/C23H35N3O2/c1-24-14-9-13-20(24)21-12-7-4-8-15-25(21)23(28)18-16-22(27)26(17-18)19-10-5-2-3-6-11-19/h9,13-14,18-19,21H,2-8,10-12,15-17H2,1H3/t18-,21+/m1/s1. The van der Waals surface area contributed by atoms with Gasteiger partial charge in [0.15, 0.2) is 0 Å². The largest absolute Gasteiger partial charge is 0.353 e. The number of carbonyl (C=O) groups excluding carboxylic acids is 2. The van der Waals surface area contributed by atoms with E-state index in [2.05, 4.69) is 39.7 Å². The molecule has 0 bridgehead atoms. The predicted octanol–water partition coefficient (Wildman–Crippen LogP) is 4.04. The topological polar surface area (TPSA) is 45.6 Å². The first-order valence-corrected chi connectivity index (χ1v) is 11.4. The lowest BCUT2D eigenvalue weighted by Crippen LogP contribution is -2.41. The summed E-state index contributed by atoms with van der Waals surface area (Å²) in [4.78, 5) is 30.5. The molecule has 0 N–H and O–H groups in total. The van der Waals surface area contributed by atoms with Crippen molar-refractivity contribution >= 4 is 11.8 Å². The highest BCUT2D eigenvalue weighted by Gasteiger charge is 2.41. The third kappa shape index (κ3) is 3.99. The third-order valence-electron chi connectivity index (χ3n) is 7.13. The molecule has 2 amide bonds. The number of rotatable bonds is 3. The molecule has 154 valence electrons. The van der Waals surface area contributed by atoms with Crippen molar-refractivity contribution < 1.29 is 9.59 Å². The van der Waals surface area contributed by atoms with Gasteiger partial charge in [-0.05, 0) is 37.8 Å². The average molecular weight is 386 g/mol. The highest BCUT2D eigenvalue weighted by atomic mass is 16.2. The Morgan fingerprint density at radius 3 is 2.43 bits per heavy atom. The van der Waals surface area contributed by atoms with Gasteiger partial charge in [0.25, 0.3) is 0 Å². The van der Waals surface area contributed by atoms with E-state index in [0.29, 0.717) is 19.0 Å². The van der Waals surface area contributed by atoms with E-state index in [0.717, 1.165) is 38.6 Å². The molecule has 3 aliphatic rings. The molecular formula is C23H35N3O2. The fraction of sp³-hybridized carbons (Fsp3) is 0.739. The van der Waals surface area contributed by atoms with Crippen LogP contribution < -0.4 is 0 Å². The summed E-state index contributed by atoms with van der Waals surface area (Å²) >= 11 is 0. The van der Waals surface area contributed by atoms with Crippen molar-refractivity contribution in [1.82, 2.24) is 14.4 Å². The van der Waals surface area contributed by atoms with Gasteiger partial charge in [0.05, 0.1) is 12.0 Å². The van der Waals surface area contributed by atoms with Crippen molar-refractivity contribution in [3.63, 3.8) is 0 Å². The van der Waals surface area contributed by atoms with Gasteiger partial charge < -0.3 is 14.4 Å². The fourth-order valence-corrected chi connectivity index (χ4v) is 5.55. The van der Waals surface area contributed by atoms with Crippen LogP contribution in [-0.2, 0) is 16.6 Å². The van der Waals surface area contributed by atoms with Gasteiger partial charge in [-0.2, -0.15) is 0 Å². The molecule has 28 heavy (non-hydrogen) atoms. The minimum absolute atomic E-state index is 0.150. The summed E-state index contributed by atoms with van der Waals surface area (Å²) < 4.78 is 2.15. The van der Waals surface area contributed by atoms with Gasteiger partial charge >= 0.3 is 0 Å². The van der Waals surface area contributed by atoms with Gasteiger partial charge in [-0.15, -0.1) is 0 Å². The number of hydrogen-bond donors (Lipinski definition) is 0. The molecule has 0 spiro atoms. The van der Waals surface area contributed by atoms with E-state index in [9.17, 15) is 9.59 Å². The van der Waals surface area contributed by atoms with E-state index in [-0.39, 0.29) is 23.8 Å². The van der Waals surface area contributed by atoms with Crippen molar-refractivity contribution in [2.45, 2.75) is 82.7 Å². The van der Waals surface area contributed by atoms with Gasteiger partial charge in [0.1, 0.15) is 0 Å². The summed E-state index contributed by atoms with van der Waals surface area (Å²) in [6.45, 7) is 1.46. The van der Waals surface area contributed by atoms with Crippen LogP contribution in [0.2, 0.25) is 0 Å². The lowest BCUT2D eigenvalue weighted by atomic mass is 10.0. The fourth-order valence-electron chi connectivity index (χ4n) is 5.55. The molecule has 0 unspecified atom stereocenters. The molecule has 2 atom stereocenters. The van der Waals surface area contributed by atoms with Crippen molar-refractivity contribution in [2.24, 2.45) is 13.0 Å². The average Bonchev–Trinajstić information content (AvgIpc) is 3.07. The number of hydrogen-bond acceptors (Lipinski definition) is 2. The Bertz CT molecular complexity index is 690. The van der Waals surface area contributed by atoms with Gasteiger partial charge in [-0.3, -0.25) is 9.59 Å². The minimum atomic E-state index is -0.156. The second-order valence-electron chi connectivity index (χ2n) is 9.03. The van der Waals surface area contributed by atoms with Gasteiger partial charge in [-0.25, -0.2) is 0 Å². The Hall–Kier alpha value is -1.78. The van der Waals surface area contributed by atoms with Crippen molar-refractivity contribution in [1.29, 1.82) is 0 Å². The first kappa shape index (κ1) is 19.5. The molecular weight excluding hydrogens is 350 g/mol. The van der Waals surface area contributed by atoms with Gasteiger partial charge in [0.2, 0.25) is 11.8 Å². The zero-order valence-corrected chi connectivity index (χ0v) is 17.3. The zero-order valence-electron chi connectivity index (χ0n) is 17.3. The first-order valence-electron chi connectivity index (χ1n) is 11.4. The molecule has 1 aromatic rings. The van der Waals surface area contributed by atoms with Crippen molar-refractivity contribution in [3.8, 4) is 0 Å². The van der Waals surface area contributed by atoms with E-state index in [4.69, 9.17) is 0 Å². The number of aromatic nitrogens is 1. The van der Waals surface area contributed by atoms with Crippen LogP contribution in [0.1, 0.15) is 82.4 Å². The van der Waals surface area contributed by atoms with E-state index < -0.39 is 0 Å². The summed E-state index contributed by atoms with van der Waals surface area (Å²) in [7, 11) is 2.07. The maximum Gasteiger partial charge on any atom is 0.228 e. The quantitative estimate of drug-likeness (QED) is 0.737. The second-order valence-corrected chi connectivity index (χ2v) is 9.03. The molecule has 0 radical (unpaired) electrons. The third-order valence-corrected chi connectivity index (χ3v) is 7.13. The number of carbonyl (C=O) groups is 2. The summed E-state index contributed by atoms with van der Waals surface area (Å²) in [5.41, 5.74) is 1.22. The molecule has 1 aliphatic carbocycles. The Kier molecular flexibility index (Phi) is 6.07. The highest BCUT2D eigenvalue weighted by molar-refractivity contribution is 5.89. The number of likely N-dealkylation sites (tertiary alicyclic amines) is 2. The molecule has 3 heterocycles. The Morgan fingerprint density at radius 1 is 1.00 bits per heavy atom. The molecule has 2 saturated heterocycles. The van der Waals surface area contributed by atoms with Crippen LogP contribution in [0.4, 0.5) is 0 Å². The maximum atomic E-state index is 13.5. The maximum absolute atomic E-state index is 13.5. The van der Waals surface area contributed by atoms with E-state index in [1.165, 1.54) is 37.8 Å². The van der Waals surface area contributed by atoms with Crippen molar-refractivity contribution in [3.05, 3.63) is 24.0 Å². The molecule has 4 rings (SSSR count). The van der Waals surface area contributed by atoms with Crippen LogP contribution in [0, 0.1) is 5.92 Å². The Labute approximate surface area is 169 Å². The summed E-state index contributed by atoms with van der Waals surface area (Å²) in [6.07, 6.45) is 14.1. The SMILES string of the molecule is Cn1cccc1[C@@H]1CCCCCN1C(=O)[C@@H]1CC(=O)N(C2CCCCCC2)C1. The normalized spacial score (nSPS) is 27.7. The molecule has 5 nitrogen and oxygen atoms in total. The molecule has 1 aromatic heterocycles. The Balaban J connectivity index is 1.49. The van der Waals surface area contributed by atoms with Crippen molar-refractivity contribution in [2.75, 3.05) is 13.1 Å². The highest BCUT2D eigenvalue weighted by Crippen LogP contribution is 2.34. The summed E-state index contributed by atoms with van der Waals surface area (Å²) in [5.74, 6) is 0.254. The number of amides is 2. The van der Waals surface area contributed by atoms with Crippen LogP contribution >= 0.6 is 0 Å².